The van der Waals surface area contributed by atoms with Crippen LogP contribution in [0, 0.1) is 0 Å². The van der Waals surface area contributed by atoms with Crippen molar-refractivity contribution in [2.45, 2.75) is 29.3 Å². The third-order valence-electron chi connectivity index (χ3n) is 3.58. The molecule has 1 aromatic heterocycles. The molecule has 1 saturated heterocycles. The Morgan fingerprint density at radius 3 is 2.77 bits per heavy atom. The van der Waals surface area contributed by atoms with E-state index in [1.807, 2.05) is 18.2 Å². The first-order chi connectivity index (χ1) is 10.7. The van der Waals surface area contributed by atoms with E-state index in [0.717, 1.165) is 16.0 Å². The lowest BCUT2D eigenvalue weighted by atomic mass is 9.97. The summed E-state index contributed by atoms with van der Waals surface area (Å²) >= 11 is 3.09. The molecule has 1 fully saturated rings. The second kappa shape index (κ2) is 7.41. The second-order valence-corrected chi connectivity index (χ2v) is 7.54. The van der Waals surface area contributed by atoms with E-state index in [1.54, 1.807) is 11.8 Å². The van der Waals surface area contributed by atoms with Crippen LogP contribution in [-0.2, 0) is 11.3 Å². The Balaban J connectivity index is 1.48. The van der Waals surface area contributed by atoms with Gasteiger partial charge in [-0.15, -0.1) is 10.2 Å². The Hall–Kier alpha value is -1.15. The molecule has 0 bridgehead atoms. The number of aromatic nitrogens is 2. The van der Waals surface area contributed by atoms with Crippen LogP contribution in [0.3, 0.4) is 0 Å². The van der Waals surface area contributed by atoms with Crippen LogP contribution in [0.5, 0.6) is 0 Å². The molecule has 22 heavy (non-hydrogen) atoms. The van der Waals surface area contributed by atoms with Crippen LogP contribution < -0.4 is 5.32 Å². The lowest BCUT2D eigenvalue weighted by Gasteiger charge is -2.31. The van der Waals surface area contributed by atoms with Crippen molar-refractivity contribution >= 4 is 28.2 Å². The Morgan fingerprint density at radius 2 is 2.00 bits per heavy atom. The highest BCUT2D eigenvalue weighted by atomic mass is 32.2. The van der Waals surface area contributed by atoms with Gasteiger partial charge in [-0.1, -0.05) is 53.4 Å². The monoisotopic (exact) mass is 337 g/mol. The van der Waals surface area contributed by atoms with Crippen LogP contribution >= 0.6 is 23.1 Å². The van der Waals surface area contributed by atoms with E-state index in [-0.39, 0.29) is 0 Å². The van der Waals surface area contributed by atoms with Crippen LogP contribution in [0.4, 0.5) is 5.13 Å². The number of rotatable bonds is 6. The van der Waals surface area contributed by atoms with Gasteiger partial charge >= 0.3 is 0 Å². The average Bonchev–Trinajstić information content (AvgIpc) is 3.01. The maximum atomic E-state index is 10.4. The first kappa shape index (κ1) is 15.7. The van der Waals surface area contributed by atoms with Crippen molar-refractivity contribution in [1.82, 2.24) is 10.2 Å². The van der Waals surface area contributed by atoms with Crippen molar-refractivity contribution in [2.24, 2.45) is 0 Å². The maximum absolute atomic E-state index is 10.4. The molecule has 0 radical (unpaired) electrons. The first-order valence-corrected chi connectivity index (χ1v) is 9.08. The van der Waals surface area contributed by atoms with Crippen molar-refractivity contribution < 1.29 is 9.84 Å². The summed E-state index contributed by atoms with van der Waals surface area (Å²) in [6.07, 6.45) is 1.38. The van der Waals surface area contributed by atoms with Gasteiger partial charge in [0.15, 0.2) is 4.34 Å². The Labute approximate surface area is 138 Å². The largest absolute Gasteiger partial charge is 0.389 e. The zero-order valence-electron chi connectivity index (χ0n) is 12.2. The van der Waals surface area contributed by atoms with Crippen molar-refractivity contribution in [3.8, 4) is 0 Å². The van der Waals surface area contributed by atoms with Gasteiger partial charge in [-0.05, 0) is 5.56 Å². The van der Waals surface area contributed by atoms with E-state index >= 15 is 0 Å². The molecule has 0 unspecified atom stereocenters. The fraction of sp³-hybridized carbons (Fsp3) is 0.467. The van der Waals surface area contributed by atoms with Gasteiger partial charge in [-0.2, -0.15) is 0 Å². The molecular weight excluding hydrogens is 318 g/mol. The summed E-state index contributed by atoms with van der Waals surface area (Å²) in [5.41, 5.74) is 0.579. The lowest BCUT2D eigenvalue weighted by molar-refractivity contribution is -0.0476. The number of hydrogen-bond donors (Lipinski definition) is 2. The highest BCUT2D eigenvalue weighted by Crippen LogP contribution is 2.32. The third kappa shape index (κ3) is 4.42. The molecule has 7 heteroatoms. The summed E-state index contributed by atoms with van der Waals surface area (Å²) in [5, 5.41) is 22.8. The molecule has 3 rings (SSSR count). The summed E-state index contributed by atoms with van der Waals surface area (Å²) in [7, 11) is 0. The van der Waals surface area contributed by atoms with E-state index in [0.29, 0.717) is 31.8 Å². The fourth-order valence-electron chi connectivity index (χ4n) is 2.20. The molecule has 2 N–H and O–H groups in total. The van der Waals surface area contributed by atoms with Gasteiger partial charge in [0.25, 0.3) is 0 Å². The summed E-state index contributed by atoms with van der Waals surface area (Å²) in [6, 6.07) is 10.2. The smallest absolute Gasteiger partial charge is 0.206 e. The molecule has 1 aromatic carbocycles. The van der Waals surface area contributed by atoms with E-state index in [9.17, 15) is 5.11 Å². The minimum absolute atomic E-state index is 0.633. The molecule has 0 aliphatic carbocycles. The number of nitrogens with one attached hydrogen (secondary N) is 1. The highest BCUT2D eigenvalue weighted by Gasteiger charge is 2.30. The first-order valence-electron chi connectivity index (χ1n) is 7.28. The van der Waals surface area contributed by atoms with Gasteiger partial charge in [0.1, 0.15) is 0 Å². The molecule has 2 aromatic rings. The van der Waals surface area contributed by atoms with Crippen molar-refractivity contribution in [3.05, 3.63) is 35.9 Å². The Bertz CT molecular complexity index is 585. The van der Waals surface area contributed by atoms with Crippen LogP contribution in [0.25, 0.3) is 0 Å². The normalized spacial score (nSPS) is 17.3. The number of hydrogen-bond acceptors (Lipinski definition) is 7. The second-order valence-electron chi connectivity index (χ2n) is 5.34. The Kier molecular flexibility index (Phi) is 5.30. The topological polar surface area (TPSA) is 67.3 Å². The molecule has 1 aliphatic rings. The Morgan fingerprint density at radius 1 is 1.23 bits per heavy atom. The van der Waals surface area contributed by atoms with Gasteiger partial charge in [-0.3, -0.25) is 0 Å². The molecule has 0 saturated carbocycles. The summed E-state index contributed by atoms with van der Waals surface area (Å²) in [6.45, 7) is 2.01. The molecular formula is C15H19N3O2S2. The zero-order chi connectivity index (χ0) is 15.3. The number of ether oxygens (including phenoxy) is 1. The van der Waals surface area contributed by atoms with Gasteiger partial charge < -0.3 is 15.2 Å². The van der Waals surface area contributed by atoms with Gasteiger partial charge in [0.2, 0.25) is 5.13 Å². The number of thioether (sulfide) groups is 1. The van der Waals surface area contributed by atoms with Crippen molar-refractivity contribution in [2.75, 3.05) is 24.3 Å². The van der Waals surface area contributed by atoms with Gasteiger partial charge in [0, 0.05) is 38.4 Å². The average molecular weight is 337 g/mol. The summed E-state index contributed by atoms with van der Waals surface area (Å²) in [5.74, 6) is 0.643. The van der Waals surface area contributed by atoms with Crippen LogP contribution in [0.15, 0.2) is 34.7 Å². The van der Waals surface area contributed by atoms with E-state index in [1.165, 1.54) is 16.9 Å². The van der Waals surface area contributed by atoms with E-state index < -0.39 is 5.60 Å². The summed E-state index contributed by atoms with van der Waals surface area (Å²) in [4.78, 5) is 0. The van der Waals surface area contributed by atoms with E-state index in [2.05, 4.69) is 27.6 Å². The van der Waals surface area contributed by atoms with Crippen LogP contribution in [-0.4, -0.2) is 39.9 Å². The molecule has 118 valence electrons. The van der Waals surface area contributed by atoms with Gasteiger partial charge in [-0.25, -0.2) is 0 Å². The van der Waals surface area contributed by atoms with Crippen LogP contribution in [0.1, 0.15) is 18.4 Å². The molecule has 0 spiro atoms. The van der Waals surface area contributed by atoms with Gasteiger partial charge in [0.05, 0.1) is 5.60 Å². The minimum atomic E-state index is -0.633. The van der Waals surface area contributed by atoms with Crippen molar-refractivity contribution in [3.63, 3.8) is 0 Å². The third-order valence-corrected chi connectivity index (χ3v) is 5.87. The summed E-state index contributed by atoms with van der Waals surface area (Å²) < 4.78 is 6.18. The SMILES string of the molecule is OC1(CSc2nnc(NCc3ccccc3)s2)CCOCC1. The number of anilines is 1. The molecule has 2 heterocycles. The zero-order valence-corrected chi connectivity index (χ0v) is 13.8. The van der Waals surface area contributed by atoms with Crippen molar-refractivity contribution in [1.29, 1.82) is 0 Å². The molecule has 0 atom stereocenters. The predicted molar refractivity (Wildman–Crippen MR) is 89.4 cm³/mol. The maximum Gasteiger partial charge on any atom is 0.206 e. The highest BCUT2D eigenvalue weighted by molar-refractivity contribution is 8.01. The lowest BCUT2D eigenvalue weighted by Crippen LogP contribution is -2.38. The molecule has 1 aliphatic heterocycles. The van der Waals surface area contributed by atoms with E-state index in [4.69, 9.17) is 4.74 Å². The molecule has 5 nitrogen and oxygen atoms in total. The number of benzene rings is 1. The minimum Gasteiger partial charge on any atom is -0.389 e. The van der Waals surface area contributed by atoms with Crippen LogP contribution in [0.2, 0.25) is 0 Å². The quantitative estimate of drug-likeness (QED) is 0.790. The fourth-order valence-corrected chi connectivity index (χ4v) is 4.11. The predicted octanol–water partition coefficient (Wildman–Crippen LogP) is 2.78. The standard InChI is InChI=1S/C15H19N3O2S2/c19-15(6-8-20-9-7-15)11-21-14-18-17-13(22-14)16-10-12-4-2-1-3-5-12/h1-5,19H,6-11H2,(H,16,17). The molecule has 0 amide bonds. The number of nitrogens with zero attached hydrogens (tertiary/aromatic N) is 2. The number of aliphatic hydroxyl groups is 1.